The molecule has 1 N–H and O–H groups in total. The van der Waals surface area contributed by atoms with Crippen LogP contribution in [0.5, 0.6) is 17.2 Å². The van der Waals surface area contributed by atoms with E-state index in [-0.39, 0.29) is 5.91 Å². The zero-order valence-corrected chi connectivity index (χ0v) is 14.5. The Kier molecular flexibility index (Phi) is 5.91. The minimum absolute atomic E-state index is 0.172. The lowest BCUT2D eigenvalue weighted by Crippen LogP contribution is -2.39. The maximum atomic E-state index is 12.4. The fourth-order valence-electron chi connectivity index (χ4n) is 3.16. The number of benzene rings is 1. The van der Waals surface area contributed by atoms with E-state index in [1.807, 2.05) is 0 Å². The van der Waals surface area contributed by atoms with Gasteiger partial charge >= 0.3 is 0 Å². The zero-order valence-electron chi connectivity index (χ0n) is 14.5. The van der Waals surface area contributed by atoms with Gasteiger partial charge in [-0.05, 0) is 19.3 Å². The highest BCUT2D eigenvalue weighted by Gasteiger charge is 2.41. The smallest absolute Gasteiger partial charge is 0.240 e. The maximum absolute atomic E-state index is 12.4. The van der Waals surface area contributed by atoms with Gasteiger partial charge in [-0.15, -0.1) is 0 Å². The Labute approximate surface area is 142 Å². The van der Waals surface area contributed by atoms with Gasteiger partial charge in [0.15, 0.2) is 0 Å². The van der Waals surface area contributed by atoms with Gasteiger partial charge in [-0.1, -0.05) is 12.8 Å². The third kappa shape index (κ3) is 3.56. The standard InChI is InChI=1S/C18H24N2O4/c1-22-13-10-15(23-2)14(16(11-13)24-3)6-9-20-17(21)18(12-19)7-4-5-8-18/h10-11H,4-9H2,1-3H3,(H,20,21). The van der Waals surface area contributed by atoms with Crippen molar-refractivity contribution < 1.29 is 19.0 Å². The third-order valence-electron chi connectivity index (χ3n) is 4.58. The number of amides is 1. The predicted octanol–water partition coefficient (Wildman–Crippen LogP) is 2.46. The molecular weight excluding hydrogens is 308 g/mol. The summed E-state index contributed by atoms with van der Waals surface area (Å²) in [6.07, 6.45) is 3.70. The summed E-state index contributed by atoms with van der Waals surface area (Å²) in [5.41, 5.74) is 0.00666. The second kappa shape index (κ2) is 7.91. The van der Waals surface area contributed by atoms with E-state index in [1.54, 1.807) is 33.5 Å². The molecule has 1 aliphatic carbocycles. The first-order chi connectivity index (χ1) is 11.6. The van der Waals surface area contributed by atoms with Crippen molar-refractivity contribution in [2.24, 2.45) is 5.41 Å². The Balaban J connectivity index is 2.06. The molecule has 0 aliphatic heterocycles. The van der Waals surface area contributed by atoms with Gasteiger partial charge in [0, 0.05) is 24.2 Å². The van der Waals surface area contributed by atoms with E-state index in [1.165, 1.54) is 0 Å². The molecule has 0 bridgehead atoms. The van der Waals surface area contributed by atoms with Crippen molar-refractivity contribution >= 4 is 5.91 Å². The molecule has 1 saturated carbocycles. The van der Waals surface area contributed by atoms with Gasteiger partial charge in [0.1, 0.15) is 22.7 Å². The number of carbonyl (C=O) groups is 1. The summed E-state index contributed by atoms with van der Waals surface area (Å²) in [4.78, 5) is 12.4. The topological polar surface area (TPSA) is 80.6 Å². The normalized spacial score (nSPS) is 15.4. The van der Waals surface area contributed by atoms with E-state index in [9.17, 15) is 10.1 Å². The summed E-state index contributed by atoms with van der Waals surface area (Å²) < 4.78 is 16.0. The summed E-state index contributed by atoms with van der Waals surface area (Å²) in [5, 5.41) is 12.3. The molecule has 0 radical (unpaired) electrons. The van der Waals surface area contributed by atoms with Crippen LogP contribution in [-0.2, 0) is 11.2 Å². The minimum atomic E-state index is -0.853. The molecule has 0 spiro atoms. The average molecular weight is 332 g/mol. The number of nitrogens with zero attached hydrogens (tertiary/aromatic N) is 1. The van der Waals surface area contributed by atoms with Crippen LogP contribution in [0.4, 0.5) is 0 Å². The Bertz CT molecular complexity index is 605. The Hall–Kier alpha value is -2.42. The zero-order chi connectivity index (χ0) is 17.6. The first kappa shape index (κ1) is 17.9. The molecule has 0 heterocycles. The molecule has 6 heteroatoms. The number of carbonyl (C=O) groups excluding carboxylic acids is 1. The van der Waals surface area contributed by atoms with Crippen LogP contribution >= 0.6 is 0 Å². The molecule has 0 unspecified atom stereocenters. The van der Waals surface area contributed by atoms with E-state index >= 15 is 0 Å². The second-order valence-electron chi connectivity index (χ2n) is 5.92. The van der Waals surface area contributed by atoms with Crippen LogP contribution in [0.3, 0.4) is 0 Å². The number of nitrogens with one attached hydrogen (secondary N) is 1. The number of hydrogen-bond donors (Lipinski definition) is 1. The average Bonchev–Trinajstić information content (AvgIpc) is 3.11. The van der Waals surface area contributed by atoms with Gasteiger partial charge in [0.05, 0.1) is 27.4 Å². The van der Waals surface area contributed by atoms with Gasteiger partial charge < -0.3 is 19.5 Å². The lowest BCUT2D eigenvalue weighted by molar-refractivity contribution is -0.127. The third-order valence-corrected chi connectivity index (χ3v) is 4.58. The summed E-state index contributed by atoms with van der Waals surface area (Å²) in [6.45, 7) is 0.418. The van der Waals surface area contributed by atoms with E-state index < -0.39 is 5.41 Å². The van der Waals surface area contributed by atoms with Crippen molar-refractivity contribution in [2.45, 2.75) is 32.1 Å². The highest BCUT2D eigenvalue weighted by Crippen LogP contribution is 2.38. The van der Waals surface area contributed by atoms with Crippen molar-refractivity contribution in [3.63, 3.8) is 0 Å². The maximum Gasteiger partial charge on any atom is 0.240 e. The lowest BCUT2D eigenvalue weighted by Gasteiger charge is -2.20. The van der Waals surface area contributed by atoms with Crippen LogP contribution in [0.1, 0.15) is 31.2 Å². The quantitative estimate of drug-likeness (QED) is 0.829. The largest absolute Gasteiger partial charge is 0.496 e. The highest BCUT2D eigenvalue weighted by molar-refractivity contribution is 5.85. The van der Waals surface area contributed by atoms with Crippen LogP contribution in [0.15, 0.2) is 12.1 Å². The van der Waals surface area contributed by atoms with Gasteiger partial charge in [-0.3, -0.25) is 4.79 Å². The number of ether oxygens (including phenoxy) is 3. The highest BCUT2D eigenvalue weighted by atomic mass is 16.5. The van der Waals surface area contributed by atoms with Crippen LogP contribution in [0.2, 0.25) is 0 Å². The molecular formula is C18H24N2O4. The SMILES string of the molecule is COc1cc(OC)c(CCNC(=O)C2(C#N)CCCC2)c(OC)c1. The van der Waals surface area contributed by atoms with Gasteiger partial charge in [-0.2, -0.15) is 5.26 Å². The molecule has 1 fully saturated rings. The molecule has 1 amide bonds. The van der Waals surface area contributed by atoms with Crippen molar-refractivity contribution in [1.82, 2.24) is 5.32 Å². The minimum Gasteiger partial charge on any atom is -0.496 e. The number of nitriles is 1. The predicted molar refractivity (Wildman–Crippen MR) is 89.3 cm³/mol. The molecule has 0 atom stereocenters. The number of methoxy groups -OCH3 is 3. The lowest BCUT2D eigenvalue weighted by atomic mass is 9.87. The van der Waals surface area contributed by atoms with E-state index in [0.717, 1.165) is 18.4 Å². The second-order valence-corrected chi connectivity index (χ2v) is 5.92. The molecule has 1 aromatic carbocycles. The number of rotatable bonds is 7. The molecule has 1 aliphatic rings. The van der Waals surface area contributed by atoms with E-state index in [0.29, 0.717) is 43.1 Å². The van der Waals surface area contributed by atoms with E-state index in [2.05, 4.69) is 11.4 Å². The first-order valence-electron chi connectivity index (χ1n) is 8.08. The summed E-state index contributed by atoms with van der Waals surface area (Å²) in [7, 11) is 4.75. The van der Waals surface area contributed by atoms with Crippen LogP contribution in [0, 0.1) is 16.7 Å². The Morgan fingerprint density at radius 2 is 1.75 bits per heavy atom. The molecule has 130 valence electrons. The van der Waals surface area contributed by atoms with Crippen molar-refractivity contribution in [1.29, 1.82) is 5.26 Å². The van der Waals surface area contributed by atoms with Crippen molar-refractivity contribution in [2.75, 3.05) is 27.9 Å². The summed E-state index contributed by atoms with van der Waals surface area (Å²) >= 11 is 0. The Morgan fingerprint density at radius 1 is 1.17 bits per heavy atom. The number of hydrogen-bond acceptors (Lipinski definition) is 5. The summed E-state index contributed by atoms with van der Waals surface area (Å²) in [6, 6.07) is 5.78. The van der Waals surface area contributed by atoms with Gasteiger partial charge in [0.25, 0.3) is 0 Å². The molecule has 6 nitrogen and oxygen atoms in total. The van der Waals surface area contributed by atoms with Crippen molar-refractivity contribution in [3.05, 3.63) is 17.7 Å². The molecule has 24 heavy (non-hydrogen) atoms. The fourth-order valence-corrected chi connectivity index (χ4v) is 3.16. The molecule has 0 aromatic heterocycles. The molecule has 2 rings (SSSR count). The van der Waals surface area contributed by atoms with Gasteiger partial charge in [-0.25, -0.2) is 0 Å². The summed E-state index contributed by atoms with van der Waals surface area (Å²) in [5.74, 6) is 1.77. The van der Waals surface area contributed by atoms with Gasteiger partial charge in [0.2, 0.25) is 5.91 Å². The Morgan fingerprint density at radius 3 is 2.21 bits per heavy atom. The van der Waals surface area contributed by atoms with Crippen LogP contribution in [-0.4, -0.2) is 33.8 Å². The molecule has 1 aromatic rings. The fraction of sp³-hybridized carbons (Fsp3) is 0.556. The molecule has 0 saturated heterocycles. The van der Waals surface area contributed by atoms with Crippen LogP contribution < -0.4 is 19.5 Å². The van der Waals surface area contributed by atoms with E-state index in [4.69, 9.17) is 14.2 Å². The first-order valence-corrected chi connectivity index (χ1v) is 8.08. The van der Waals surface area contributed by atoms with Crippen molar-refractivity contribution in [3.8, 4) is 23.3 Å². The van der Waals surface area contributed by atoms with Crippen LogP contribution in [0.25, 0.3) is 0 Å². The monoisotopic (exact) mass is 332 g/mol.